The van der Waals surface area contributed by atoms with E-state index < -0.39 is 5.60 Å². The van der Waals surface area contributed by atoms with Crippen molar-refractivity contribution in [3.63, 3.8) is 0 Å². The van der Waals surface area contributed by atoms with Crippen LogP contribution in [0.25, 0.3) is 0 Å². The van der Waals surface area contributed by atoms with Gasteiger partial charge < -0.3 is 15.0 Å². The maximum Gasteiger partial charge on any atom is 0.410 e. The van der Waals surface area contributed by atoms with E-state index >= 15 is 0 Å². The summed E-state index contributed by atoms with van der Waals surface area (Å²) < 4.78 is 7.17. The van der Waals surface area contributed by atoms with Crippen molar-refractivity contribution in [3.8, 4) is 0 Å². The van der Waals surface area contributed by atoms with Gasteiger partial charge >= 0.3 is 6.09 Å². The molecule has 0 radical (unpaired) electrons. The highest BCUT2D eigenvalue weighted by molar-refractivity contribution is 5.91. The Hall–Kier alpha value is -2.09. The van der Waals surface area contributed by atoms with E-state index in [-0.39, 0.29) is 18.5 Å². The standard InChI is InChI=1S/C14H21N5O3/c1-17-9-14(22-13(17)21)5-3-6-19(10-14)8-12(20)15-11-4-7-18(2)16-11/h4,7H,3,5-6,8-10H2,1-2H3,(H,15,16,20)/t14-/m1/s1. The highest BCUT2D eigenvalue weighted by Crippen LogP contribution is 2.31. The number of nitrogens with one attached hydrogen (secondary N) is 1. The highest BCUT2D eigenvalue weighted by atomic mass is 16.6. The number of hydrogen-bond acceptors (Lipinski definition) is 5. The molecule has 1 aromatic rings. The number of anilines is 1. The van der Waals surface area contributed by atoms with E-state index in [2.05, 4.69) is 10.4 Å². The van der Waals surface area contributed by atoms with Crippen LogP contribution in [0.1, 0.15) is 12.8 Å². The summed E-state index contributed by atoms with van der Waals surface area (Å²) in [4.78, 5) is 27.3. The Morgan fingerprint density at radius 2 is 2.27 bits per heavy atom. The maximum atomic E-state index is 12.1. The molecular formula is C14H21N5O3. The van der Waals surface area contributed by atoms with Crippen LogP contribution in [0.4, 0.5) is 10.6 Å². The lowest BCUT2D eigenvalue weighted by Crippen LogP contribution is -2.52. The first kappa shape index (κ1) is 14.8. The summed E-state index contributed by atoms with van der Waals surface area (Å²) in [6.45, 7) is 2.29. The zero-order valence-corrected chi connectivity index (χ0v) is 12.9. The van der Waals surface area contributed by atoms with Gasteiger partial charge in [0.2, 0.25) is 5.91 Å². The molecule has 2 aliphatic rings. The first-order chi connectivity index (χ1) is 10.5. The van der Waals surface area contributed by atoms with Crippen LogP contribution in [0.5, 0.6) is 0 Å². The van der Waals surface area contributed by atoms with Gasteiger partial charge in [0.15, 0.2) is 5.82 Å². The van der Waals surface area contributed by atoms with Crippen LogP contribution in [-0.4, -0.2) is 70.4 Å². The molecule has 0 bridgehead atoms. The van der Waals surface area contributed by atoms with Crippen molar-refractivity contribution in [1.82, 2.24) is 19.6 Å². The third kappa shape index (κ3) is 3.06. The molecule has 1 aromatic heterocycles. The smallest absolute Gasteiger partial charge is 0.410 e. The molecule has 0 aromatic carbocycles. The Balaban J connectivity index is 1.56. The number of rotatable bonds is 3. The molecule has 0 saturated carbocycles. The average molecular weight is 307 g/mol. The lowest BCUT2D eigenvalue weighted by Gasteiger charge is -2.37. The van der Waals surface area contributed by atoms with Crippen LogP contribution in [0.2, 0.25) is 0 Å². The maximum absolute atomic E-state index is 12.1. The minimum absolute atomic E-state index is 0.103. The fraction of sp³-hybridized carbons (Fsp3) is 0.643. The monoisotopic (exact) mass is 307 g/mol. The van der Waals surface area contributed by atoms with E-state index in [0.717, 1.165) is 19.4 Å². The summed E-state index contributed by atoms with van der Waals surface area (Å²) in [6, 6.07) is 1.75. The van der Waals surface area contributed by atoms with Gasteiger partial charge in [-0.1, -0.05) is 0 Å². The number of likely N-dealkylation sites (N-methyl/N-ethyl adjacent to an activating group) is 1. The second-order valence-electron chi connectivity index (χ2n) is 6.14. The zero-order valence-electron chi connectivity index (χ0n) is 12.9. The number of aryl methyl sites for hydroxylation is 1. The average Bonchev–Trinajstić information content (AvgIpc) is 2.94. The third-order valence-corrected chi connectivity index (χ3v) is 4.11. The predicted molar refractivity (Wildman–Crippen MR) is 79.4 cm³/mol. The molecule has 8 heteroatoms. The normalized spacial score (nSPS) is 25.5. The van der Waals surface area contributed by atoms with Crippen LogP contribution in [0.15, 0.2) is 12.3 Å². The summed E-state index contributed by atoms with van der Waals surface area (Å²) >= 11 is 0. The fourth-order valence-electron chi connectivity index (χ4n) is 3.20. The van der Waals surface area contributed by atoms with Gasteiger partial charge in [-0.2, -0.15) is 5.10 Å². The number of aromatic nitrogens is 2. The molecule has 2 saturated heterocycles. The Kier molecular flexibility index (Phi) is 3.78. The van der Waals surface area contributed by atoms with Gasteiger partial charge in [0, 0.05) is 32.9 Å². The van der Waals surface area contributed by atoms with Crippen molar-refractivity contribution < 1.29 is 14.3 Å². The van der Waals surface area contributed by atoms with Gasteiger partial charge in [0.25, 0.3) is 0 Å². The SMILES string of the molecule is CN1C[C@@]2(CCCN(CC(=O)Nc3ccn(C)n3)C2)OC1=O. The molecular weight excluding hydrogens is 286 g/mol. The molecule has 3 rings (SSSR count). The minimum Gasteiger partial charge on any atom is -0.440 e. The molecule has 0 unspecified atom stereocenters. The van der Waals surface area contributed by atoms with Crippen molar-refractivity contribution in [3.05, 3.63) is 12.3 Å². The van der Waals surface area contributed by atoms with Gasteiger partial charge in [-0.25, -0.2) is 4.79 Å². The Morgan fingerprint density at radius 3 is 2.91 bits per heavy atom. The van der Waals surface area contributed by atoms with Crippen LogP contribution in [0, 0.1) is 0 Å². The molecule has 1 N–H and O–H groups in total. The fourth-order valence-corrected chi connectivity index (χ4v) is 3.20. The van der Waals surface area contributed by atoms with Crippen molar-refractivity contribution in [2.75, 3.05) is 38.5 Å². The molecule has 120 valence electrons. The summed E-state index contributed by atoms with van der Waals surface area (Å²) in [5, 5.41) is 6.90. The predicted octanol–water partition coefficient (Wildman–Crippen LogP) is 0.275. The van der Waals surface area contributed by atoms with E-state index in [4.69, 9.17) is 4.74 Å². The number of likely N-dealkylation sites (tertiary alicyclic amines) is 1. The quantitative estimate of drug-likeness (QED) is 0.867. The van der Waals surface area contributed by atoms with E-state index in [9.17, 15) is 9.59 Å². The van der Waals surface area contributed by atoms with Gasteiger partial charge in [0.05, 0.1) is 13.1 Å². The number of amides is 2. The second-order valence-corrected chi connectivity index (χ2v) is 6.14. The molecule has 2 aliphatic heterocycles. The number of carbonyl (C=O) groups excluding carboxylic acids is 2. The molecule has 2 amide bonds. The van der Waals surface area contributed by atoms with Crippen LogP contribution < -0.4 is 5.32 Å². The summed E-state index contributed by atoms with van der Waals surface area (Å²) in [5.74, 6) is 0.444. The summed E-state index contributed by atoms with van der Waals surface area (Å²) in [6.07, 6.45) is 3.26. The van der Waals surface area contributed by atoms with Crippen molar-refractivity contribution in [2.45, 2.75) is 18.4 Å². The Morgan fingerprint density at radius 1 is 1.45 bits per heavy atom. The summed E-state index contributed by atoms with van der Waals surface area (Å²) in [5.41, 5.74) is -0.463. The number of nitrogens with zero attached hydrogens (tertiary/aromatic N) is 4. The van der Waals surface area contributed by atoms with Crippen molar-refractivity contribution in [2.24, 2.45) is 7.05 Å². The number of hydrogen-bond donors (Lipinski definition) is 1. The molecule has 8 nitrogen and oxygen atoms in total. The van der Waals surface area contributed by atoms with Gasteiger partial charge in [0.1, 0.15) is 5.60 Å². The lowest BCUT2D eigenvalue weighted by molar-refractivity contribution is -0.118. The van der Waals surface area contributed by atoms with E-state index in [0.29, 0.717) is 18.9 Å². The molecule has 1 atom stereocenters. The Bertz CT molecular complexity index is 587. The topological polar surface area (TPSA) is 79.7 Å². The zero-order chi connectivity index (χ0) is 15.7. The van der Waals surface area contributed by atoms with E-state index in [1.807, 2.05) is 4.90 Å². The van der Waals surface area contributed by atoms with Crippen molar-refractivity contribution in [1.29, 1.82) is 0 Å². The largest absolute Gasteiger partial charge is 0.440 e. The molecule has 22 heavy (non-hydrogen) atoms. The lowest BCUT2D eigenvalue weighted by atomic mass is 9.93. The minimum atomic E-state index is -0.463. The molecule has 1 spiro atoms. The number of ether oxygens (including phenoxy) is 1. The van der Waals surface area contributed by atoms with E-state index in [1.165, 1.54) is 0 Å². The molecule has 2 fully saturated rings. The first-order valence-corrected chi connectivity index (χ1v) is 7.42. The second kappa shape index (κ2) is 5.60. The van der Waals surface area contributed by atoms with Crippen molar-refractivity contribution >= 4 is 17.8 Å². The Labute approximate surface area is 129 Å². The number of piperidine rings is 1. The number of carbonyl (C=O) groups is 2. The van der Waals surface area contributed by atoms with Crippen LogP contribution in [0.3, 0.4) is 0 Å². The highest BCUT2D eigenvalue weighted by Gasteiger charge is 2.46. The molecule has 0 aliphatic carbocycles. The van der Waals surface area contributed by atoms with Crippen LogP contribution in [-0.2, 0) is 16.6 Å². The molecule has 3 heterocycles. The van der Waals surface area contributed by atoms with Gasteiger partial charge in [-0.05, 0) is 19.4 Å². The van der Waals surface area contributed by atoms with Crippen LogP contribution >= 0.6 is 0 Å². The van der Waals surface area contributed by atoms with Gasteiger partial charge in [-0.3, -0.25) is 14.4 Å². The summed E-state index contributed by atoms with van der Waals surface area (Å²) in [7, 11) is 3.54. The van der Waals surface area contributed by atoms with E-state index in [1.54, 1.807) is 35.9 Å². The van der Waals surface area contributed by atoms with Gasteiger partial charge in [-0.15, -0.1) is 0 Å². The first-order valence-electron chi connectivity index (χ1n) is 7.42. The third-order valence-electron chi connectivity index (χ3n) is 4.11.